The molecular formula is C11H22F3NO2S. The number of alkyl halides is 3. The Morgan fingerprint density at radius 3 is 1.78 bits per heavy atom. The SMILES string of the molecule is CCCCCCCCCCNS(=O)(=O)C(F)(F)F. The van der Waals surface area contributed by atoms with Gasteiger partial charge in [-0.3, -0.25) is 0 Å². The summed E-state index contributed by atoms with van der Waals surface area (Å²) >= 11 is 0. The van der Waals surface area contributed by atoms with Crippen LogP contribution in [0.15, 0.2) is 0 Å². The van der Waals surface area contributed by atoms with Crippen LogP contribution < -0.4 is 4.72 Å². The molecule has 0 aromatic heterocycles. The van der Waals surface area contributed by atoms with Gasteiger partial charge in [-0.15, -0.1) is 0 Å². The standard InChI is InChI=1S/C11H22F3NO2S/c1-2-3-4-5-6-7-8-9-10-15-18(16,17)11(12,13)14/h15H,2-10H2,1H3. The molecule has 0 aliphatic heterocycles. The molecule has 0 heterocycles. The van der Waals surface area contributed by atoms with Gasteiger partial charge in [0.25, 0.3) is 0 Å². The van der Waals surface area contributed by atoms with Crippen LogP contribution in [-0.2, 0) is 10.0 Å². The molecule has 1 N–H and O–H groups in total. The first-order valence-electron chi connectivity index (χ1n) is 6.37. The lowest BCUT2D eigenvalue weighted by Crippen LogP contribution is -2.36. The van der Waals surface area contributed by atoms with E-state index in [-0.39, 0.29) is 6.54 Å². The lowest BCUT2D eigenvalue weighted by molar-refractivity contribution is -0.0447. The van der Waals surface area contributed by atoms with Gasteiger partial charge in [0.05, 0.1) is 0 Å². The van der Waals surface area contributed by atoms with Gasteiger partial charge in [-0.2, -0.15) is 13.2 Å². The van der Waals surface area contributed by atoms with Crippen LogP contribution in [0, 0.1) is 0 Å². The summed E-state index contributed by atoms with van der Waals surface area (Å²) in [7, 11) is -5.15. The van der Waals surface area contributed by atoms with Gasteiger partial charge in [0.15, 0.2) is 0 Å². The van der Waals surface area contributed by atoms with Crippen LogP contribution >= 0.6 is 0 Å². The van der Waals surface area contributed by atoms with Gasteiger partial charge in [-0.1, -0.05) is 51.9 Å². The number of sulfonamides is 1. The van der Waals surface area contributed by atoms with Crippen LogP contribution in [0.4, 0.5) is 13.2 Å². The molecule has 3 nitrogen and oxygen atoms in total. The Kier molecular flexibility index (Phi) is 8.60. The third kappa shape index (κ3) is 7.92. The molecule has 0 atom stereocenters. The van der Waals surface area contributed by atoms with E-state index in [1.165, 1.54) is 19.3 Å². The van der Waals surface area contributed by atoms with Crippen molar-refractivity contribution in [2.24, 2.45) is 0 Å². The summed E-state index contributed by atoms with van der Waals surface area (Å²) in [5.41, 5.74) is -5.20. The van der Waals surface area contributed by atoms with Gasteiger partial charge in [0.1, 0.15) is 0 Å². The predicted molar refractivity (Wildman–Crippen MR) is 65.6 cm³/mol. The Hall–Kier alpha value is -0.300. The summed E-state index contributed by atoms with van der Waals surface area (Å²) in [6.45, 7) is 1.99. The van der Waals surface area contributed by atoms with Crippen molar-refractivity contribution >= 4 is 10.0 Å². The zero-order valence-electron chi connectivity index (χ0n) is 10.7. The zero-order chi connectivity index (χ0) is 14.1. The number of hydrogen-bond donors (Lipinski definition) is 1. The van der Waals surface area contributed by atoms with Crippen molar-refractivity contribution < 1.29 is 21.6 Å². The molecule has 7 heteroatoms. The van der Waals surface area contributed by atoms with Gasteiger partial charge in [-0.25, -0.2) is 13.1 Å². The molecule has 110 valence electrons. The largest absolute Gasteiger partial charge is 0.511 e. The van der Waals surface area contributed by atoms with Crippen LogP contribution in [0.2, 0.25) is 0 Å². The number of halogens is 3. The van der Waals surface area contributed by atoms with Crippen LogP contribution in [0.1, 0.15) is 58.3 Å². The highest BCUT2D eigenvalue weighted by molar-refractivity contribution is 7.90. The lowest BCUT2D eigenvalue weighted by Gasteiger charge is -2.09. The van der Waals surface area contributed by atoms with Crippen molar-refractivity contribution in [3.63, 3.8) is 0 Å². The van der Waals surface area contributed by atoms with Gasteiger partial charge in [0, 0.05) is 6.54 Å². The van der Waals surface area contributed by atoms with E-state index in [0.29, 0.717) is 6.42 Å². The van der Waals surface area contributed by atoms with Crippen LogP contribution in [0.3, 0.4) is 0 Å². The van der Waals surface area contributed by atoms with E-state index in [1.807, 2.05) is 0 Å². The number of rotatable bonds is 10. The first-order valence-corrected chi connectivity index (χ1v) is 7.85. The third-order valence-corrected chi connectivity index (χ3v) is 3.82. The van der Waals surface area contributed by atoms with E-state index in [2.05, 4.69) is 6.92 Å². The number of unbranched alkanes of at least 4 members (excludes halogenated alkanes) is 7. The van der Waals surface area contributed by atoms with Crippen molar-refractivity contribution in [2.45, 2.75) is 63.8 Å². The van der Waals surface area contributed by atoms with Crippen molar-refractivity contribution in [1.82, 2.24) is 4.72 Å². The Morgan fingerprint density at radius 2 is 1.33 bits per heavy atom. The van der Waals surface area contributed by atoms with Crippen LogP contribution in [0.5, 0.6) is 0 Å². The highest BCUT2D eigenvalue weighted by Gasteiger charge is 2.45. The van der Waals surface area contributed by atoms with Crippen molar-refractivity contribution in [2.75, 3.05) is 6.54 Å². The molecule has 0 aliphatic rings. The molecule has 0 aromatic carbocycles. The minimum atomic E-state index is -5.20. The van der Waals surface area contributed by atoms with E-state index in [1.54, 1.807) is 4.72 Å². The summed E-state index contributed by atoms with van der Waals surface area (Å²) in [5.74, 6) is 0. The Morgan fingerprint density at radius 1 is 0.889 bits per heavy atom. The van der Waals surface area contributed by atoms with Gasteiger partial charge in [0.2, 0.25) is 0 Å². The molecule has 0 saturated heterocycles. The Bertz CT molecular complexity index is 302. The van der Waals surface area contributed by atoms with Crippen molar-refractivity contribution in [3.8, 4) is 0 Å². The lowest BCUT2D eigenvalue weighted by atomic mass is 10.1. The maximum absolute atomic E-state index is 11.9. The van der Waals surface area contributed by atoms with Gasteiger partial charge in [-0.05, 0) is 6.42 Å². The van der Waals surface area contributed by atoms with Crippen molar-refractivity contribution in [3.05, 3.63) is 0 Å². The van der Waals surface area contributed by atoms with E-state index in [9.17, 15) is 21.6 Å². The summed E-state index contributed by atoms with van der Waals surface area (Å²) < 4.78 is 58.6. The smallest absolute Gasteiger partial charge is 0.207 e. The molecule has 0 saturated carbocycles. The fourth-order valence-corrected chi connectivity index (χ4v) is 2.12. The Balaban J connectivity index is 3.47. The number of hydrogen-bond acceptors (Lipinski definition) is 2. The average molecular weight is 289 g/mol. The molecule has 0 unspecified atom stereocenters. The molecule has 0 aromatic rings. The molecule has 0 fully saturated rings. The second-order valence-electron chi connectivity index (χ2n) is 4.32. The average Bonchev–Trinajstić information content (AvgIpc) is 2.25. The number of nitrogens with one attached hydrogen (secondary N) is 1. The van der Waals surface area contributed by atoms with Gasteiger partial charge >= 0.3 is 15.5 Å². The predicted octanol–water partition coefficient (Wildman–Crippen LogP) is 3.57. The maximum Gasteiger partial charge on any atom is 0.511 e. The summed E-state index contributed by atoms with van der Waals surface area (Å²) in [4.78, 5) is 0. The summed E-state index contributed by atoms with van der Waals surface area (Å²) in [5, 5.41) is 0. The molecule has 0 bridgehead atoms. The monoisotopic (exact) mass is 289 g/mol. The fourth-order valence-electron chi connectivity index (χ4n) is 1.55. The molecule has 0 aliphatic carbocycles. The second kappa shape index (κ2) is 8.74. The second-order valence-corrected chi connectivity index (χ2v) is 6.08. The molecule has 0 spiro atoms. The van der Waals surface area contributed by atoms with E-state index < -0.39 is 15.5 Å². The van der Waals surface area contributed by atoms with Gasteiger partial charge < -0.3 is 0 Å². The maximum atomic E-state index is 11.9. The van der Waals surface area contributed by atoms with E-state index >= 15 is 0 Å². The minimum absolute atomic E-state index is 0.142. The van der Waals surface area contributed by atoms with Crippen molar-refractivity contribution in [1.29, 1.82) is 0 Å². The highest BCUT2D eigenvalue weighted by atomic mass is 32.2. The van der Waals surface area contributed by atoms with E-state index in [4.69, 9.17) is 0 Å². The molecule has 18 heavy (non-hydrogen) atoms. The molecule has 0 radical (unpaired) electrons. The van der Waals surface area contributed by atoms with E-state index in [0.717, 1.165) is 25.7 Å². The third-order valence-electron chi connectivity index (χ3n) is 2.63. The topological polar surface area (TPSA) is 46.2 Å². The minimum Gasteiger partial charge on any atom is -0.207 e. The fraction of sp³-hybridized carbons (Fsp3) is 1.00. The van der Waals surface area contributed by atoms with Crippen LogP contribution in [0.25, 0.3) is 0 Å². The molecular weight excluding hydrogens is 267 g/mol. The molecule has 0 rings (SSSR count). The zero-order valence-corrected chi connectivity index (χ0v) is 11.5. The summed E-state index contributed by atoms with van der Waals surface area (Å²) in [6, 6.07) is 0. The highest BCUT2D eigenvalue weighted by Crippen LogP contribution is 2.21. The van der Waals surface area contributed by atoms with Crippen LogP contribution in [-0.4, -0.2) is 20.5 Å². The molecule has 0 amide bonds. The normalized spacial score (nSPS) is 12.9. The first-order chi connectivity index (χ1) is 8.31. The summed E-state index contributed by atoms with van der Waals surface area (Å²) in [6.07, 6.45) is 7.93. The first kappa shape index (κ1) is 17.7. The quantitative estimate of drug-likeness (QED) is 0.625. The Labute approximate surface area is 107 Å².